The van der Waals surface area contributed by atoms with Gasteiger partial charge in [0.05, 0.1) is 15.1 Å². The fourth-order valence-electron chi connectivity index (χ4n) is 4.08. The minimum absolute atomic E-state index is 0.0193. The zero-order valence-electron chi connectivity index (χ0n) is 19.6. The van der Waals surface area contributed by atoms with E-state index in [1.165, 1.54) is 23.5 Å². The third-order valence-electron chi connectivity index (χ3n) is 6.04. The van der Waals surface area contributed by atoms with Crippen molar-refractivity contribution in [2.45, 2.75) is 37.1 Å². The zero-order valence-corrected chi connectivity index (χ0v) is 22.0. The van der Waals surface area contributed by atoms with Gasteiger partial charge in [-0.15, -0.1) is 0 Å². The van der Waals surface area contributed by atoms with Crippen molar-refractivity contribution in [3.05, 3.63) is 53.1 Å². The van der Waals surface area contributed by atoms with Gasteiger partial charge in [0.25, 0.3) is 5.91 Å². The number of anilines is 1. The molecule has 4 rings (SSSR count). The van der Waals surface area contributed by atoms with Crippen LogP contribution in [0.4, 0.5) is 5.13 Å². The van der Waals surface area contributed by atoms with Crippen LogP contribution in [0.25, 0.3) is 10.2 Å². The average molecular weight is 521 g/mol. The van der Waals surface area contributed by atoms with Gasteiger partial charge in [-0.05, 0) is 76.3 Å². The summed E-state index contributed by atoms with van der Waals surface area (Å²) in [5, 5.41) is 1.21. The summed E-state index contributed by atoms with van der Waals surface area (Å²) >= 11 is 7.53. The number of rotatable bonds is 7. The topological polar surface area (TPSA) is 73.8 Å². The summed E-state index contributed by atoms with van der Waals surface area (Å²) in [5.74, 6) is -0.220. The van der Waals surface area contributed by atoms with Gasteiger partial charge in [-0.25, -0.2) is 13.4 Å². The molecular weight excluding hydrogens is 492 g/mol. The minimum Gasteiger partial charge on any atom is -0.308 e. The van der Waals surface area contributed by atoms with Gasteiger partial charge in [-0.2, -0.15) is 4.31 Å². The van der Waals surface area contributed by atoms with Crippen molar-refractivity contribution in [2.24, 2.45) is 0 Å². The van der Waals surface area contributed by atoms with Gasteiger partial charge >= 0.3 is 0 Å². The van der Waals surface area contributed by atoms with Crippen LogP contribution >= 0.6 is 22.9 Å². The molecule has 0 N–H and O–H groups in total. The first-order chi connectivity index (χ1) is 16.2. The Morgan fingerprint density at radius 3 is 2.56 bits per heavy atom. The van der Waals surface area contributed by atoms with Crippen LogP contribution in [0.3, 0.4) is 0 Å². The summed E-state index contributed by atoms with van der Waals surface area (Å²) in [6, 6.07) is 11.7. The molecule has 0 aliphatic carbocycles. The SMILES string of the molecule is CC1CCCCN1S(=O)(=O)c1ccc(C(=O)N(CCN(C)C)c2nc3ccc(Cl)cc3s2)cc1. The molecule has 34 heavy (non-hydrogen) atoms. The van der Waals surface area contributed by atoms with Gasteiger partial charge in [0, 0.05) is 36.3 Å². The quantitative estimate of drug-likeness (QED) is 0.450. The van der Waals surface area contributed by atoms with E-state index in [0.29, 0.717) is 35.4 Å². The number of fused-ring (bicyclic) bond motifs is 1. The fraction of sp³-hybridized carbons (Fsp3) is 0.417. The minimum atomic E-state index is -3.59. The molecule has 0 spiro atoms. The number of halogens is 1. The lowest BCUT2D eigenvalue weighted by Gasteiger charge is -2.32. The molecule has 1 amide bonds. The van der Waals surface area contributed by atoms with Crippen molar-refractivity contribution in [1.29, 1.82) is 0 Å². The lowest BCUT2D eigenvalue weighted by atomic mass is 10.1. The Bertz CT molecular complexity index is 1280. The van der Waals surface area contributed by atoms with Crippen molar-refractivity contribution >= 4 is 54.2 Å². The van der Waals surface area contributed by atoms with Gasteiger partial charge in [0.2, 0.25) is 10.0 Å². The number of carbonyl (C=O) groups is 1. The van der Waals surface area contributed by atoms with Gasteiger partial charge in [0.1, 0.15) is 0 Å². The van der Waals surface area contributed by atoms with Crippen LogP contribution in [0.5, 0.6) is 0 Å². The van der Waals surface area contributed by atoms with Gasteiger partial charge in [-0.3, -0.25) is 9.69 Å². The van der Waals surface area contributed by atoms with Crippen molar-refractivity contribution in [1.82, 2.24) is 14.2 Å². The van der Waals surface area contributed by atoms with Crippen LogP contribution in [0.2, 0.25) is 5.02 Å². The van der Waals surface area contributed by atoms with Gasteiger partial charge in [0.15, 0.2) is 5.13 Å². The molecule has 3 aromatic rings. The molecule has 0 saturated carbocycles. The Morgan fingerprint density at radius 2 is 1.88 bits per heavy atom. The van der Waals surface area contributed by atoms with E-state index in [0.717, 1.165) is 29.5 Å². The van der Waals surface area contributed by atoms with E-state index in [4.69, 9.17) is 11.6 Å². The smallest absolute Gasteiger partial charge is 0.260 e. The molecule has 0 radical (unpaired) electrons. The number of sulfonamides is 1. The molecule has 1 atom stereocenters. The van der Waals surface area contributed by atoms with E-state index in [2.05, 4.69) is 4.98 Å². The predicted octanol–water partition coefficient (Wildman–Crippen LogP) is 4.72. The standard InChI is InChI=1S/C24H29ClN4O3S2/c1-17-6-4-5-13-29(17)34(31,32)20-10-7-18(8-11-20)23(30)28(15-14-27(2)3)24-26-21-12-9-19(25)16-22(21)33-24/h7-12,16-17H,4-6,13-15H2,1-3H3. The van der Waals surface area contributed by atoms with Crippen LogP contribution in [-0.4, -0.2) is 68.3 Å². The van der Waals surface area contributed by atoms with E-state index in [-0.39, 0.29) is 16.8 Å². The van der Waals surface area contributed by atoms with E-state index in [1.807, 2.05) is 38.1 Å². The summed E-state index contributed by atoms with van der Waals surface area (Å²) in [6.07, 6.45) is 2.78. The first-order valence-corrected chi connectivity index (χ1v) is 13.9. The second kappa shape index (κ2) is 10.3. The Morgan fingerprint density at radius 1 is 1.15 bits per heavy atom. The largest absolute Gasteiger partial charge is 0.308 e. The van der Waals surface area contributed by atoms with Gasteiger partial charge in [-0.1, -0.05) is 29.4 Å². The van der Waals surface area contributed by atoms with Crippen molar-refractivity contribution in [3.8, 4) is 0 Å². The Hall–Kier alpha value is -2.04. The molecule has 1 saturated heterocycles. The molecule has 182 valence electrons. The summed E-state index contributed by atoms with van der Waals surface area (Å²) in [5.41, 5.74) is 1.20. The Labute approximate surface area is 210 Å². The second-order valence-electron chi connectivity index (χ2n) is 8.85. The van der Waals surface area contributed by atoms with E-state index in [9.17, 15) is 13.2 Å². The fourth-order valence-corrected chi connectivity index (χ4v) is 7.04. The van der Waals surface area contributed by atoms with Crippen LogP contribution in [0.1, 0.15) is 36.5 Å². The molecule has 10 heteroatoms. The van der Waals surface area contributed by atoms with Crippen molar-refractivity contribution < 1.29 is 13.2 Å². The highest BCUT2D eigenvalue weighted by Crippen LogP contribution is 2.32. The van der Waals surface area contributed by atoms with Crippen LogP contribution in [-0.2, 0) is 10.0 Å². The molecule has 2 heterocycles. The van der Waals surface area contributed by atoms with E-state index < -0.39 is 10.0 Å². The first kappa shape index (κ1) is 25.1. The van der Waals surface area contributed by atoms with Crippen molar-refractivity contribution in [3.63, 3.8) is 0 Å². The van der Waals surface area contributed by atoms with Crippen molar-refractivity contribution in [2.75, 3.05) is 38.6 Å². The third-order valence-corrected chi connectivity index (χ3v) is 9.34. The number of carbonyl (C=O) groups excluding carboxylic acids is 1. The lowest BCUT2D eigenvalue weighted by Crippen LogP contribution is -2.41. The number of piperidine rings is 1. The van der Waals surface area contributed by atoms with E-state index >= 15 is 0 Å². The first-order valence-electron chi connectivity index (χ1n) is 11.3. The molecule has 1 aliphatic heterocycles. The molecule has 1 fully saturated rings. The molecular formula is C24H29ClN4O3S2. The number of hydrogen-bond donors (Lipinski definition) is 0. The highest BCUT2D eigenvalue weighted by atomic mass is 35.5. The lowest BCUT2D eigenvalue weighted by molar-refractivity contribution is 0.0985. The molecule has 0 bridgehead atoms. The van der Waals surface area contributed by atoms with Crippen LogP contribution < -0.4 is 4.90 Å². The molecule has 7 nitrogen and oxygen atoms in total. The predicted molar refractivity (Wildman–Crippen MR) is 139 cm³/mol. The van der Waals surface area contributed by atoms with Crippen LogP contribution in [0, 0.1) is 0 Å². The number of likely N-dealkylation sites (N-methyl/N-ethyl adjacent to an activating group) is 1. The summed E-state index contributed by atoms with van der Waals surface area (Å²) in [4.78, 5) is 22.0. The third kappa shape index (κ3) is 5.28. The Kier molecular flexibility index (Phi) is 7.59. The second-order valence-corrected chi connectivity index (χ2v) is 12.2. The normalized spacial score (nSPS) is 17.4. The van der Waals surface area contributed by atoms with Crippen LogP contribution in [0.15, 0.2) is 47.4 Å². The maximum absolute atomic E-state index is 13.5. The zero-order chi connectivity index (χ0) is 24.5. The molecule has 2 aromatic carbocycles. The average Bonchev–Trinajstić information content (AvgIpc) is 3.22. The number of amides is 1. The van der Waals surface area contributed by atoms with Gasteiger partial charge < -0.3 is 4.90 Å². The highest BCUT2D eigenvalue weighted by Gasteiger charge is 2.31. The maximum Gasteiger partial charge on any atom is 0.260 e. The summed E-state index contributed by atoms with van der Waals surface area (Å²) in [6.45, 7) is 3.58. The highest BCUT2D eigenvalue weighted by molar-refractivity contribution is 7.89. The summed E-state index contributed by atoms with van der Waals surface area (Å²) in [7, 11) is 0.303. The molecule has 1 aliphatic rings. The Balaban J connectivity index is 1.62. The monoisotopic (exact) mass is 520 g/mol. The number of hydrogen-bond acceptors (Lipinski definition) is 6. The number of thiazole rings is 1. The summed E-state index contributed by atoms with van der Waals surface area (Å²) < 4.78 is 28.8. The number of nitrogens with zero attached hydrogens (tertiary/aromatic N) is 4. The number of aromatic nitrogens is 1. The molecule has 1 aromatic heterocycles. The number of benzene rings is 2. The molecule has 1 unspecified atom stereocenters. The van der Waals surface area contributed by atoms with E-state index in [1.54, 1.807) is 27.4 Å². The maximum atomic E-state index is 13.5.